The standard InChI is InChI=1S/C28H34N6O3/c1-4-37-28(36)22-10-11-26(29-14-22)32-15-20(2)33(21(3)16-32)19-27(35)31-13-12-25-23(17-31)18-34(30-25)24-8-6-5-7-9-24/h5-11,14,18,20-21H,4,12-13,15-17,19H2,1-3H3/t20-,21+. The number of benzene rings is 1. The van der Waals surface area contributed by atoms with Crippen molar-refractivity contribution in [1.29, 1.82) is 0 Å². The van der Waals surface area contributed by atoms with Gasteiger partial charge in [-0.25, -0.2) is 14.5 Å². The lowest BCUT2D eigenvalue weighted by Crippen LogP contribution is -2.59. The van der Waals surface area contributed by atoms with Crippen molar-refractivity contribution in [1.82, 2.24) is 24.6 Å². The molecule has 9 nitrogen and oxygen atoms in total. The van der Waals surface area contributed by atoms with Gasteiger partial charge in [-0.1, -0.05) is 18.2 Å². The fraction of sp³-hybridized carbons (Fsp3) is 0.429. The molecule has 1 aromatic carbocycles. The first-order valence-corrected chi connectivity index (χ1v) is 13.0. The predicted molar refractivity (Wildman–Crippen MR) is 141 cm³/mol. The van der Waals surface area contributed by atoms with Crippen molar-refractivity contribution >= 4 is 17.7 Å². The van der Waals surface area contributed by atoms with Gasteiger partial charge < -0.3 is 14.5 Å². The Hall–Kier alpha value is -3.72. The fourth-order valence-electron chi connectivity index (χ4n) is 5.26. The van der Waals surface area contributed by atoms with Crippen molar-refractivity contribution in [3.8, 4) is 5.69 Å². The highest BCUT2D eigenvalue weighted by Crippen LogP contribution is 2.23. The molecule has 2 aliphatic rings. The lowest BCUT2D eigenvalue weighted by Gasteiger charge is -2.45. The summed E-state index contributed by atoms with van der Waals surface area (Å²) in [5.74, 6) is 0.628. The normalized spacial score (nSPS) is 20.0. The summed E-state index contributed by atoms with van der Waals surface area (Å²) >= 11 is 0. The molecule has 2 atom stereocenters. The van der Waals surface area contributed by atoms with Gasteiger partial charge in [0.1, 0.15) is 5.82 Å². The maximum absolute atomic E-state index is 13.3. The molecular formula is C28H34N6O3. The first-order valence-electron chi connectivity index (χ1n) is 13.0. The second-order valence-electron chi connectivity index (χ2n) is 9.85. The van der Waals surface area contributed by atoms with E-state index >= 15 is 0 Å². The number of aromatic nitrogens is 3. The van der Waals surface area contributed by atoms with Crippen molar-refractivity contribution < 1.29 is 14.3 Å². The summed E-state index contributed by atoms with van der Waals surface area (Å²) in [5, 5.41) is 4.75. The molecule has 1 fully saturated rings. The van der Waals surface area contributed by atoms with Crippen LogP contribution in [0, 0.1) is 0 Å². The van der Waals surface area contributed by atoms with Crippen LogP contribution < -0.4 is 4.90 Å². The average Bonchev–Trinajstić information content (AvgIpc) is 3.35. The van der Waals surface area contributed by atoms with E-state index in [4.69, 9.17) is 9.84 Å². The molecule has 37 heavy (non-hydrogen) atoms. The molecule has 0 unspecified atom stereocenters. The van der Waals surface area contributed by atoms with E-state index in [1.807, 2.05) is 52.2 Å². The number of ether oxygens (including phenoxy) is 1. The van der Waals surface area contributed by atoms with Gasteiger partial charge in [-0.15, -0.1) is 0 Å². The predicted octanol–water partition coefficient (Wildman–Crippen LogP) is 2.93. The summed E-state index contributed by atoms with van der Waals surface area (Å²) in [6, 6.07) is 14.1. The van der Waals surface area contributed by atoms with Crippen LogP contribution in [0.2, 0.25) is 0 Å². The minimum Gasteiger partial charge on any atom is -0.462 e. The van der Waals surface area contributed by atoms with E-state index in [1.54, 1.807) is 19.2 Å². The smallest absolute Gasteiger partial charge is 0.339 e. The molecule has 194 valence electrons. The SMILES string of the molecule is CCOC(=O)c1ccc(N2C[C@@H](C)N(CC(=O)N3CCc4nn(-c5ccccc5)cc4C3)[C@@H](C)C2)nc1. The number of fused-ring (bicyclic) bond motifs is 1. The zero-order valence-electron chi connectivity index (χ0n) is 21.7. The third kappa shape index (κ3) is 5.36. The van der Waals surface area contributed by atoms with Gasteiger partial charge in [-0.05, 0) is 45.0 Å². The largest absolute Gasteiger partial charge is 0.462 e. The molecule has 1 amide bonds. The number of hydrogen-bond donors (Lipinski definition) is 0. The quantitative estimate of drug-likeness (QED) is 0.479. The molecule has 2 aromatic heterocycles. The molecule has 0 spiro atoms. The number of para-hydroxylation sites is 1. The Morgan fingerprint density at radius 2 is 1.81 bits per heavy atom. The van der Waals surface area contributed by atoms with Crippen LogP contribution in [0.4, 0.5) is 5.82 Å². The fourth-order valence-corrected chi connectivity index (χ4v) is 5.26. The number of pyridine rings is 1. The molecule has 2 aliphatic heterocycles. The van der Waals surface area contributed by atoms with E-state index in [1.165, 1.54) is 0 Å². The lowest BCUT2D eigenvalue weighted by atomic mass is 10.1. The topological polar surface area (TPSA) is 83.8 Å². The van der Waals surface area contributed by atoms with Crippen LogP contribution in [0.3, 0.4) is 0 Å². The summed E-state index contributed by atoms with van der Waals surface area (Å²) in [7, 11) is 0. The van der Waals surface area contributed by atoms with Gasteiger partial charge in [0.25, 0.3) is 0 Å². The second-order valence-corrected chi connectivity index (χ2v) is 9.85. The molecule has 9 heteroatoms. The highest BCUT2D eigenvalue weighted by molar-refractivity contribution is 5.89. The van der Waals surface area contributed by atoms with Crippen molar-refractivity contribution in [2.45, 2.75) is 45.8 Å². The zero-order valence-corrected chi connectivity index (χ0v) is 21.7. The molecule has 0 bridgehead atoms. The molecule has 0 saturated carbocycles. The van der Waals surface area contributed by atoms with E-state index < -0.39 is 0 Å². The second kappa shape index (κ2) is 10.7. The monoisotopic (exact) mass is 502 g/mol. The summed E-state index contributed by atoms with van der Waals surface area (Å²) in [6.07, 6.45) is 4.39. The van der Waals surface area contributed by atoms with Crippen LogP contribution in [0.25, 0.3) is 5.69 Å². The minimum absolute atomic E-state index is 0.155. The van der Waals surface area contributed by atoms with Gasteiger partial charge in [0.2, 0.25) is 5.91 Å². The van der Waals surface area contributed by atoms with Crippen molar-refractivity contribution in [3.63, 3.8) is 0 Å². The molecule has 1 saturated heterocycles. The van der Waals surface area contributed by atoms with Gasteiger partial charge in [0, 0.05) is 62.6 Å². The van der Waals surface area contributed by atoms with Crippen LogP contribution in [-0.4, -0.2) is 81.3 Å². The van der Waals surface area contributed by atoms with Crippen LogP contribution in [-0.2, 0) is 22.5 Å². The highest BCUT2D eigenvalue weighted by Gasteiger charge is 2.33. The highest BCUT2D eigenvalue weighted by atomic mass is 16.5. The minimum atomic E-state index is -0.358. The third-order valence-corrected chi connectivity index (χ3v) is 7.23. The number of rotatable bonds is 6. The Bertz CT molecular complexity index is 1230. The number of amides is 1. The van der Waals surface area contributed by atoms with E-state index in [2.05, 4.69) is 28.6 Å². The molecule has 0 N–H and O–H groups in total. The summed E-state index contributed by atoms with van der Waals surface area (Å²) < 4.78 is 6.96. The van der Waals surface area contributed by atoms with E-state index in [0.717, 1.165) is 42.3 Å². The van der Waals surface area contributed by atoms with Crippen molar-refractivity contribution in [2.24, 2.45) is 0 Å². The van der Waals surface area contributed by atoms with E-state index in [-0.39, 0.29) is 24.0 Å². The first kappa shape index (κ1) is 25.0. The molecule has 0 radical (unpaired) electrons. The Morgan fingerprint density at radius 3 is 2.49 bits per heavy atom. The first-order chi connectivity index (χ1) is 17.9. The number of hydrogen-bond acceptors (Lipinski definition) is 7. The van der Waals surface area contributed by atoms with E-state index in [0.29, 0.717) is 31.8 Å². The van der Waals surface area contributed by atoms with Crippen LogP contribution in [0.1, 0.15) is 42.4 Å². The number of esters is 1. The van der Waals surface area contributed by atoms with Crippen LogP contribution in [0.15, 0.2) is 54.9 Å². The number of piperazine rings is 1. The van der Waals surface area contributed by atoms with Gasteiger partial charge in [-0.3, -0.25) is 9.69 Å². The van der Waals surface area contributed by atoms with Crippen molar-refractivity contribution in [3.05, 3.63) is 71.7 Å². The molecule has 0 aliphatic carbocycles. The maximum Gasteiger partial charge on any atom is 0.339 e. The van der Waals surface area contributed by atoms with Crippen molar-refractivity contribution in [2.75, 3.05) is 37.7 Å². The summed E-state index contributed by atoms with van der Waals surface area (Å²) in [5.41, 5.74) is 3.67. The Kier molecular flexibility index (Phi) is 7.23. The molecule has 4 heterocycles. The lowest BCUT2D eigenvalue weighted by molar-refractivity contribution is -0.134. The Labute approximate surface area is 217 Å². The molecule has 5 rings (SSSR count). The van der Waals surface area contributed by atoms with Crippen LogP contribution >= 0.6 is 0 Å². The van der Waals surface area contributed by atoms with Gasteiger partial charge in [0.05, 0.1) is 30.1 Å². The Morgan fingerprint density at radius 1 is 1.05 bits per heavy atom. The van der Waals surface area contributed by atoms with E-state index in [9.17, 15) is 9.59 Å². The maximum atomic E-state index is 13.3. The number of nitrogens with zero attached hydrogens (tertiary/aromatic N) is 6. The number of carbonyl (C=O) groups excluding carboxylic acids is 2. The average molecular weight is 503 g/mol. The number of carbonyl (C=O) groups is 2. The van der Waals surface area contributed by atoms with Gasteiger partial charge >= 0.3 is 5.97 Å². The zero-order chi connectivity index (χ0) is 25.9. The summed E-state index contributed by atoms with van der Waals surface area (Å²) in [6.45, 7) is 9.64. The third-order valence-electron chi connectivity index (χ3n) is 7.23. The number of anilines is 1. The van der Waals surface area contributed by atoms with Gasteiger partial charge in [0.15, 0.2) is 0 Å². The van der Waals surface area contributed by atoms with Gasteiger partial charge in [-0.2, -0.15) is 5.10 Å². The Balaban J connectivity index is 1.19. The molecule has 3 aromatic rings. The van der Waals surface area contributed by atoms with Crippen LogP contribution in [0.5, 0.6) is 0 Å². The molecular weight excluding hydrogens is 468 g/mol. The summed E-state index contributed by atoms with van der Waals surface area (Å²) in [4.78, 5) is 36.2.